The lowest BCUT2D eigenvalue weighted by molar-refractivity contribution is -0.143. The first kappa shape index (κ1) is 55.7. The summed E-state index contributed by atoms with van der Waals surface area (Å²) < 4.78 is 23.3. The Balaban J connectivity index is 1.26. The lowest BCUT2D eigenvalue weighted by Crippen LogP contribution is -2.60. The van der Waals surface area contributed by atoms with Gasteiger partial charge in [-0.15, -0.1) is 0 Å². The van der Waals surface area contributed by atoms with Gasteiger partial charge in [-0.3, -0.25) is 29.5 Å². The monoisotopic (exact) mass is 984 g/mol. The van der Waals surface area contributed by atoms with E-state index in [0.717, 1.165) is 40.7 Å². The number of rotatable bonds is 23. The average molecular weight is 984 g/mol. The maximum absolute atomic E-state index is 14.6. The third-order valence-corrected chi connectivity index (χ3v) is 15.0. The minimum Gasteiger partial charge on any atom is -0.467 e. The van der Waals surface area contributed by atoms with Gasteiger partial charge < -0.3 is 29.2 Å². The number of likely N-dealkylation sites (tertiary alicyclic amines) is 1. The summed E-state index contributed by atoms with van der Waals surface area (Å²) in [5, 5.41) is 5.91. The molecule has 2 aliphatic rings. The lowest BCUT2D eigenvalue weighted by atomic mass is 9.87. The molecule has 1 aliphatic carbocycles. The number of hydrogen-bond donors (Lipinski definition) is 2. The van der Waals surface area contributed by atoms with E-state index in [1.165, 1.54) is 19.1 Å². The number of benzene rings is 3. The van der Waals surface area contributed by atoms with Crippen LogP contribution in [-0.2, 0) is 44.5 Å². The van der Waals surface area contributed by atoms with Crippen molar-refractivity contribution < 1.29 is 42.9 Å². The number of imide groups is 1. The van der Waals surface area contributed by atoms with Gasteiger partial charge in [-0.1, -0.05) is 146 Å². The largest absolute Gasteiger partial charge is 0.467 e. The van der Waals surface area contributed by atoms with Crippen molar-refractivity contribution in [1.29, 1.82) is 0 Å². The first-order chi connectivity index (χ1) is 33.4. The molecule has 3 aromatic carbocycles. The Bertz CT molecular complexity index is 2210. The summed E-state index contributed by atoms with van der Waals surface area (Å²) in [6.45, 7) is 14.2. The van der Waals surface area contributed by atoms with Crippen LogP contribution in [0.15, 0.2) is 78.9 Å². The molecule has 0 spiro atoms. The number of carbonyl (C=O) groups is 5. The smallest absolute Gasteiger partial charge is 0.410 e. The van der Waals surface area contributed by atoms with E-state index in [4.69, 9.17) is 31.2 Å². The van der Waals surface area contributed by atoms with Gasteiger partial charge in [0, 0.05) is 52.1 Å². The maximum Gasteiger partial charge on any atom is 0.410 e. The molecule has 3 aromatic rings. The highest BCUT2D eigenvalue weighted by Crippen LogP contribution is 2.44. The third-order valence-electron chi connectivity index (χ3n) is 14.5. The quantitative estimate of drug-likeness (QED) is 0.0708. The van der Waals surface area contributed by atoms with Crippen LogP contribution in [0.5, 0.6) is 0 Å². The third kappa shape index (κ3) is 13.0. The summed E-state index contributed by atoms with van der Waals surface area (Å²) in [5.41, 5.74) is 5.33. The van der Waals surface area contributed by atoms with E-state index in [1.807, 2.05) is 118 Å². The molecule has 14 nitrogen and oxygen atoms in total. The summed E-state index contributed by atoms with van der Waals surface area (Å²) in [5.74, 6) is -2.83. The van der Waals surface area contributed by atoms with Crippen LogP contribution in [0, 0.1) is 23.7 Å². The molecule has 70 heavy (non-hydrogen) atoms. The molecule has 15 heteroatoms. The topological polar surface area (TPSA) is 156 Å². The number of likely N-dealkylation sites (N-methyl/N-ethyl adjacent to an activating group) is 2. The fourth-order valence-electron chi connectivity index (χ4n) is 10.8. The number of nitrogens with one attached hydrogen (secondary N) is 2. The van der Waals surface area contributed by atoms with Crippen molar-refractivity contribution in [1.82, 2.24) is 25.3 Å². The number of hydrogen-bond acceptors (Lipinski definition) is 11. The minimum absolute atomic E-state index is 0.0289. The molecule has 0 bridgehead atoms. The first-order valence-corrected chi connectivity index (χ1v) is 25.2. The van der Waals surface area contributed by atoms with E-state index >= 15 is 0 Å². The molecule has 1 saturated heterocycles. The van der Waals surface area contributed by atoms with E-state index in [2.05, 4.69) is 36.6 Å². The molecule has 0 radical (unpaired) electrons. The Hall–Kier alpha value is -5.22. The SMILES string of the molecule is CC[C@H](C)[C@@H]([C@@H](CC(=O)N1CCC[C@H]1[C@H](OC)[C@@H](C)C(=S)N[C@@H](Cc1ccccc1)C(=O)OC)OC)N(C)[C@H](C(=O)NC(=O)[C@H](C(C)C)N(C)C(=O)OCC1c2ccccc2-c2ccccc21)C(C)C. The molecule has 4 amide bonds. The number of methoxy groups -OCH3 is 3. The van der Waals surface area contributed by atoms with Gasteiger partial charge in [-0.05, 0) is 65.5 Å². The standard InChI is InChI=1S/C55H77N5O9S/c1-13-35(6)49(45(66-10)31-46(61)60-29-21-28-44(60)50(67-11)36(7)53(70)56-43(54(64)68-12)30-37-22-15-14-16-23-37)58(8)47(33(2)3)51(62)57-52(63)48(34(4)5)59(9)55(65)69-32-42-40-26-19-17-24-38(40)39-25-18-20-27-41(39)42/h14-20,22-27,33-36,42-45,47-50H,13,21,28-32H2,1-12H3,(H,56,70)(H,57,62,63)/t35-,36+,43-,44-,45+,47-,48-,49-,50+/m0/s1. The zero-order valence-electron chi connectivity index (χ0n) is 43.3. The van der Waals surface area contributed by atoms with Crippen molar-refractivity contribution in [3.8, 4) is 11.1 Å². The van der Waals surface area contributed by atoms with Gasteiger partial charge in [0.05, 0.1) is 42.8 Å². The summed E-state index contributed by atoms with van der Waals surface area (Å²) in [6.07, 6.45) is 0.852. The summed E-state index contributed by atoms with van der Waals surface area (Å²) in [6, 6.07) is 22.6. The number of esters is 1. The average Bonchev–Trinajstić information content (AvgIpc) is 3.95. The van der Waals surface area contributed by atoms with Crippen LogP contribution in [0.1, 0.15) is 96.8 Å². The number of carbonyl (C=O) groups excluding carboxylic acids is 5. The normalized spacial score (nSPS) is 17.9. The molecule has 382 valence electrons. The van der Waals surface area contributed by atoms with Gasteiger partial charge in [0.15, 0.2) is 0 Å². The van der Waals surface area contributed by atoms with Gasteiger partial charge in [-0.2, -0.15) is 0 Å². The van der Waals surface area contributed by atoms with Gasteiger partial charge in [-0.25, -0.2) is 9.59 Å². The molecule has 1 fully saturated rings. The van der Waals surface area contributed by atoms with Gasteiger partial charge in [0.1, 0.15) is 18.7 Å². The van der Waals surface area contributed by atoms with Crippen molar-refractivity contribution in [2.24, 2.45) is 23.7 Å². The van der Waals surface area contributed by atoms with Crippen molar-refractivity contribution in [3.05, 3.63) is 95.6 Å². The highest BCUT2D eigenvalue weighted by Gasteiger charge is 2.44. The Labute approximate surface area is 421 Å². The first-order valence-electron chi connectivity index (χ1n) is 24.8. The molecule has 1 aliphatic heterocycles. The summed E-state index contributed by atoms with van der Waals surface area (Å²) >= 11 is 5.90. The summed E-state index contributed by atoms with van der Waals surface area (Å²) in [7, 11) is 7.92. The highest BCUT2D eigenvalue weighted by molar-refractivity contribution is 7.80. The second-order valence-corrected chi connectivity index (χ2v) is 20.2. The minimum atomic E-state index is -1.01. The molecular formula is C55H77N5O9S. The Morgan fingerprint density at radius 2 is 1.36 bits per heavy atom. The molecular weight excluding hydrogens is 907 g/mol. The molecule has 1 heterocycles. The van der Waals surface area contributed by atoms with Crippen LogP contribution < -0.4 is 10.6 Å². The second-order valence-electron chi connectivity index (χ2n) is 19.7. The molecule has 0 saturated carbocycles. The van der Waals surface area contributed by atoms with E-state index in [9.17, 15) is 24.0 Å². The van der Waals surface area contributed by atoms with Crippen molar-refractivity contribution >= 4 is 47.0 Å². The number of thiocarbonyl (C=S) groups is 1. The van der Waals surface area contributed by atoms with Crippen molar-refractivity contribution in [3.63, 3.8) is 0 Å². The van der Waals surface area contributed by atoms with Crippen LogP contribution in [0.3, 0.4) is 0 Å². The molecule has 9 atom stereocenters. The number of amides is 4. The number of ether oxygens (including phenoxy) is 4. The zero-order chi connectivity index (χ0) is 51.4. The van der Waals surface area contributed by atoms with Crippen molar-refractivity contribution in [2.75, 3.05) is 48.6 Å². The fraction of sp³-hybridized carbons (Fsp3) is 0.564. The van der Waals surface area contributed by atoms with Crippen LogP contribution in [-0.4, -0.2) is 140 Å². The van der Waals surface area contributed by atoms with Crippen LogP contribution in [0.2, 0.25) is 0 Å². The van der Waals surface area contributed by atoms with E-state index in [-0.39, 0.29) is 54.6 Å². The Morgan fingerprint density at radius 1 is 0.786 bits per heavy atom. The predicted octanol–water partition coefficient (Wildman–Crippen LogP) is 7.65. The maximum atomic E-state index is 14.6. The van der Waals surface area contributed by atoms with Gasteiger partial charge >= 0.3 is 12.1 Å². The second kappa shape index (κ2) is 25.8. The molecule has 0 unspecified atom stereocenters. The van der Waals surface area contributed by atoms with Crippen LogP contribution in [0.4, 0.5) is 4.79 Å². The van der Waals surface area contributed by atoms with Gasteiger partial charge in [0.25, 0.3) is 0 Å². The molecule has 0 aromatic heterocycles. The van der Waals surface area contributed by atoms with E-state index in [1.54, 1.807) is 14.2 Å². The Kier molecular flexibility index (Phi) is 20.5. The van der Waals surface area contributed by atoms with Crippen LogP contribution in [0.25, 0.3) is 11.1 Å². The van der Waals surface area contributed by atoms with Crippen molar-refractivity contribution in [2.45, 2.75) is 129 Å². The molecule has 5 rings (SSSR count). The van der Waals surface area contributed by atoms with Gasteiger partial charge in [0.2, 0.25) is 17.7 Å². The van der Waals surface area contributed by atoms with E-state index in [0.29, 0.717) is 24.4 Å². The fourth-order valence-corrected chi connectivity index (χ4v) is 11.1. The number of fused-ring (bicyclic) bond motifs is 3. The lowest BCUT2D eigenvalue weighted by Gasteiger charge is -2.43. The zero-order valence-corrected chi connectivity index (χ0v) is 44.1. The number of nitrogens with zero attached hydrogens (tertiary/aromatic N) is 3. The highest BCUT2D eigenvalue weighted by atomic mass is 32.1. The summed E-state index contributed by atoms with van der Waals surface area (Å²) in [4.78, 5) is 75.3. The van der Waals surface area contributed by atoms with Crippen LogP contribution >= 0.6 is 12.2 Å². The van der Waals surface area contributed by atoms with E-state index < -0.39 is 60.3 Å². The predicted molar refractivity (Wildman–Crippen MR) is 276 cm³/mol. The Morgan fingerprint density at radius 3 is 1.90 bits per heavy atom. The molecule has 2 N–H and O–H groups in total.